The lowest BCUT2D eigenvalue weighted by atomic mass is 9.84. The summed E-state index contributed by atoms with van der Waals surface area (Å²) in [6.45, 7) is 0. The molecule has 1 heterocycles. The van der Waals surface area contributed by atoms with Crippen molar-refractivity contribution in [2.45, 2.75) is 12.0 Å². The van der Waals surface area contributed by atoms with Gasteiger partial charge in [0, 0.05) is 29.3 Å². The van der Waals surface area contributed by atoms with Gasteiger partial charge in [0.1, 0.15) is 40.6 Å². The van der Waals surface area contributed by atoms with Crippen molar-refractivity contribution in [1.82, 2.24) is 0 Å². The molecule has 2 atom stereocenters. The zero-order valence-corrected chi connectivity index (χ0v) is 18.7. The molecule has 2 unspecified atom stereocenters. The highest BCUT2D eigenvalue weighted by Crippen LogP contribution is 2.52. The van der Waals surface area contributed by atoms with Gasteiger partial charge >= 0.3 is 0 Å². The van der Waals surface area contributed by atoms with Crippen molar-refractivity contribution in [3.05, 3.63) is 94.5 Å². The molecule has 1 aliphatic rings. The average molecular weight is 486 g/mol. The molecule has 0 saturated heterocycles. The highest BCUT2D eigenvalue weighted by molar-refractivity contribution is 5.75. The largest absolute Gasteiger partial charge is 0.508 e. The van der Waals surface area contributed by atoms with Crippen LogP contribution in [0.1, 0.15) is 39.8 Å². The van der Waals surface area contributed by atoms with Crippen LogP contribution in [0.3, 0.4) is 0 Å². The van der Waals surface area contributed by atoms with E-state index in [1.807, 2.05) is 0 Å². The van der Waals surface area contributed by atoms with Gasteiger partial charge in [0.15, 0.2) is 11.5 Å². The van der Waals surface area contributed by atoms with Crippen molar-refractivity contribution >= 4 is 12.2 Å². The third kappa shape index (κ3) is 4.27. The standard InChI is InChI=1S/C28H22O8/c29-18-5-14(6-19(30)11-18)1-2-15-9-22-26(13-24(15)34)36-28(16-3-4-23(33)25(35)10-16)27(22)17-7-20(31)12-21(32)8-17/h1-13,27-35H. The Bertz CT molecular complexity index is 1470. The number of phenolic OH excluding ortho intramolecular Hbond substituents is 7. The minimum absolute atomic E-state index is 0.0823. The predicted molar refractivity (Wildman–Crippen MR) is 132 cm³/mol. The quantitative estimate of drug-likeness (QED) is 0.156. The average Bonchev–Trinajstić information content (AvgIpc) is 3.16. The fourth-order valence-corrected chi connectivity index (χ4v) is 4.48. The summed E-state index contributed by atoms with van der Waals surface area (Å²) >= 11 is 0. The van der Waals surface area contributed by atoms with Crippen LogP contribution in [0.2, 0.25) is 0 Å². The Morgan fingerprint density at radius 1 is 0.556 bits per heavy atom. The molecule has 4 aromatic carbocycles. The minimum Gasteiger partial charge on any atom is -0.508 e. The van der Waals surface area contributed by atoms with Gasteiger partial charge in [-0.25, -0.2) is 0 Å². The molecular formula is C28H22O8. The van der Waals surface area contributed by atoms with Gasteiger partial charge in [-0.3, -0.25) is 0 Å². The van der Waals surface area contributed by atoms with E-state index in [1.54, 1.807) is 24.3 Å². The molecule has 5 rings (SSSR count). The Hall–Kier alpha value is -4.98. The maximum absolute atomic E-state index is 10.7. The lowest BCUT2D eigenvalue weighted by Gasteiger charge is -2.21. The summed E-state index contributed by atoms with van der Waals surface area (Å²) in [6.07, 6.45) is 2.51. The molecule has 4 aromatic rings. The van der Waals surface area contributed by atoms with Crippen LogP contribution in [0.25, 0.3) is 12.2 Å². The Kier molecular flexibility index (Phi) is 5.49. The van der Waals surface area contributed by atoms with Crippen LogP contribution in [0.5, 0.6) is 46.0 Å². The monoisotopic (exact) mass is 486 g/mol. The van der Waals surface area contributed by atoms with Gasteiger partial charge in [-0.2, -0.15) is 0 Å². The van der Waals surface area contributed by atoms with Gasteiger partial charge in [0.05, 0.1) is 5.92 Å². The predicted octanol–water partition coefficient (Wildman–Crippen LogP) is 5.06. The molecule has 0 aromatic heterocycles. The second-order valence-electron chi connectivity index (χ2n) is 8.61. The molecule has 8 heteroatoms. The molecule has 0 bridgehead atoms. The van der Waals surface area contributed by atoms with Crippen LogP contribution < -0.4 is 4.74 Å². The zero-order valence-electron chi connectivity index (χ0n) is 18.7. The first-order valence-corrected chi connectivity index (χ1v) is 11.0. The minimum atomic E-state index is -0.714. The van der Waals surface area contributed by atoms with Crippen LogP contribution in [-0.2, 0) is 0 Å². The normalized spacial score (nSPS) is 16.7. The van der Waals surface area contributed by atoms with Gasteiger partial charge in [-0.1, -0.05) is 18.2 Å². The van der Waals surface area contributed by atoms with Crippen LogP contribution in [0.15, 0.2) is 66.7 Å². The molecule has 1 aliphatic heterocycles. The van der Waals surface area contributed by atoms with Gasteiger partial charge < -0.3 is 40.5 Å². The van der Waals surface area contributed by atoms with E-state index in [-0.39, 0.29) is 40.2 Å². The van der Waals surface area contributed by atoms with Crippen LogP contribution in [0, 0.1) is 0 Å². The van der Waals surface area contributed by atoms with E-state index < -0.39 is 12.0 Å². The van der Waals surface area contributed by atoms with Crippen molar-refractivity contribution in [3.63, 3.8) is 0 Å². The lowest BCUT2D eigenvalue weighted by Crippen LogP contribution is -2.11. The Balaban J connectivity index is 1.62. The fraction of sp³-hybridized carbons (Fsp3) is 0.0714. The third-order valence-corrected chi connectivity index (χ3v) is 6.04. The van der Waals surface area contributed by atoms with Gasteiger partial charge in [0.2, 0.25) is 0 Å². The summed E-state index contributed by atoms with van der Waals surface area (Å²) in [5, 5.41) is 70.2. The lowest BCUT2D eigenvalue weighted by molar-refractivity contribution is 0.221. The van der Waals surface area contributed by atoms with Gasteiger partial charge in [0.25, 0.3) is 0 Å². The highest BCUT2D eigenvalue weighted by atomic mass is 16.5. The number of aromatic hydroxyl groups is 7. The first-order chi connectivity index (χ1) is 17.2. The summed E-state index contributed by atoms with van der Waals surface area (Å²) in [4.78, 5) is 0. The number of ether oxygens (including phenoxy) is 1. The topological polar surface area (TPSA) is 151 Å². The molecule has 0 aliphatic carbocycles. The van der Waals surface area contributed by atoms with Gasteiger partial charge in [-0.05, 0) is 59.2 Å². The number of hydrogen-bond donors (Lipinski definition) is 7. The molecule has 7 N–H and O–H groups in total. The molecule has 0 saturated carbocycles. The van der Waals surface area contributed by atoms with E-state index in [4.69, 9.17) is 4.74 Å². The van der Waals surface area contributed by atoms with E-state index in [0.717, 1.165) is 0 Å². The molecule has 0 fully saturated rings. The molecule has 8 nitrogen and oxygen atoms in total. The summed E-state index contributed by atoms with van der Waals surface area (Å²) < 4.78 is 6.16. The Labute approximate surface area is 205 Å². The summed E-state index contributed by atoms with van der Waals surface area (Å²) in [6, 6.07) is 15.8. The van der Waals surface area contributed by atoms with Crippen molar-refractivity contribution < 1.29 is 40.5 Å². The summed E-state index contributed by atoms with van der Waals surface area (Å²) in [7, 11) is 0. The van der Waals surface area contributed by atoms with Crippen molar-refractivity contribution in [2.75, 3.05) is 0 Å². The molecule has 0 radical (unpaired) electrons. The highest BCUT2D eigenvalue weighted by Gasteiger charge is 2.38. The molecular weight excluding hydrogens is 464 g/mol. The maximum atomic E-state index is 10.7. The van der Waals surface area contributed by atoms with E-state index >= 15 is 0 Å². The number of phenols is 7. The summed E-state index contributed by atoms with van der Waals surface area (Å²) in [5.74, 6) is -1.39. The van der Waals surface area contributed by atoms with E-state index in [1.165, 1.54) is 54.6 Å². The van der Waals surface area contributed by atoms with Crippen molar-refractivity contribution in [3.8, 4) is 46.0 Å². The Morgan fingerprint density at radius 2 is 1.19 bits per heavy atom. The zero-order chi connectivity index (χ0) is 25.6. The molecule has 182 valence electrons. The van der Waals surface area contributed by atoms with E-state index in [0.29, 0.717) is 33.6 Å². The Morgan fingerprint density at radius 3 is 1.83 bits per heavy atom. The van der Waals surface area contributed by atoms with E-state index in [2.05, 4.69) is 0 Å². The smallest absolute Gasteiger partial charge is 0.157 e. The van der Waals surface area contributed by atoms with E-state index in [9.17, 15) is 35.7 Å². The van der Waals surface area contributed by atoms with Crippen LogP contribution in [0.4, 0.5) is 0 Å². The SMILES string of the molecule is Oc1cc(O)cc(C=Cc2cc3c(cc2O)OC(c2ccc(O)c(O)c2)C3c2cc(O)cc(O)c2)c1. The maximum Gasteiger partial charge on any atom is 0.157 e. The second kappa shape index (κ2) is 8.66. The first kappa shape index (κ1) is 22.8. The van der Waals surface area contributed by atoms with Crippen molar-refractivity contribution in [2.24, 2.45) is 0 Å². The fourth-order valence-electron chi connectivity index (χ4n) is 4.48. The molecule has 0 amide bonds. The number of rotatable bonds is 4. The molecule has 0 spiro atoms. The van der Waals surface area contributed by atoms with Crippen molar-refractivity contribution in [1.29, 1.82) is 0 Å². The number of hydrogen-bond acceptors (Lipinski definition) is 8. The molecule has 36 heavy (non-hydrogen) atoms. The first-order valence-electron chi connectivity index (χ1n) is 11.0. The van der Waals surface area contributed by atoms with Crippen LogP contribution in [-0.4, -0.2) is 35.7 Å². The summed E-state index contributed by atoms with van der Waals surface area (Å²) in [5.41, 5.74) is 2.64. The third-order valence-electron chi connectivity index (χ3n) is 6.04. The second-order valence-corrected chi connectivity index (χ2v) is 8.61. The van der Waals surface area contributed by atoms with Gasteiger partial charge in [-0.15, -0.1) is 0 Å². The van der Waals surface area contributed by atoms with Crippen LogP contribution >= 0.6 is 0 Å². The number of fused-ring (bicyclic) bond motifs is 1. The number of benzene rings is 4.